The van der Waals surface area contributed by atoms with Crippen molar-refractivity contribution >= 4 is 11.8 Å². The molecule has 2 aromatic rings. The molecule has 2 unspecified atom stereocenters. The molecule has 2 amide bonds. The number of nitrogens with zero attached hydrogens (tertiary/aromatic N) is 2. The molecule has 4 heteroatoms. The SMILES string of the molecule is CN(C(=O)c1ccccc1)C1CCCCC1N(C)C(=O)c1ccccc1. The molecule has 1 aliphatic rings. The van der Waals surface area contributed by atoms with Crippen LogP contribution in [-0.2, 0) is 0 Å². The largest absolute Gasteiger partial charge is 0.337 e. The molecule has 1 aliphatic carbocycles. The van der Waals surface area contributed by atoms with Crippen LogP contribution in [-0.4, -0.2) is 47.8 Å². The van der Waals surface area contributed by atoms with Crippen LogP contribution in [0.1, 0.15) is 46.4 Å². The molecular formula is C22H26N2O2. The summed E-state index contributed by atoms with van der Waals surface area (Å²) in [7, 11) is 3.72. The zero-order valence-corrected chi connectivity index (χ0v) is 15.5. The van der Waals surface area contributed by atoms with Crippen molar-refractivity contribution in [2.75, 3.05) is 14.1 Å². The van der Waals surface area contributed by atoms with E-state index in [1.807, 2.05) is 84.6 Å². The number of rotatable bonds is 4. The van der Waals surface area contributed by atoms with E-state index in [4.69, 9.17) is 0 Å². The third kappa shape index (κ3) is 3.79. The van der Waals surface area contributed by atoms with E-state index in [9.17, 15) is 9.59 Å². The van der Waals surface area contributed by atoms with E-state index in [0.29, 0.717) is 11.1 Å². The summed E-state index contributed by atoms with van der Waals surface area (Å²) in [6.07, 6.45) is 4.01. The van der Waals surface area contributed by atoms with Crippen LogP contribution in [0.15, 0.2) is 60.7 Å². The molecule has 0 bridgehead atoms. The Bertz CT molecular complexity index is 680. The number of benzene rings is 2. The van der Waals surface area contributed by atoms with Crippen molar-refractivity contribution < 1.29 is 9.59 Å². The predicted molar refractivity (Wildman–Crippen MR) is 103 cm³/mol. The molecule has 2 atom stereocenters. The van der Waals surface area contributed by atoms with Gasteiger partial charge in [0, 0.05) is 25.2 Å². The maximum absolute atomic E-state index is 12.9. The first kappa shape index (κ1) is 18.2. The minimum Gasteiger partial charge on any atom is -0.337 e. The van der Waals surface area contributed by atoms with Gasteiger partial charge in [0.2, 0.25) is 0 Å². The van der Waals surface area contributed by atoms with Gasteiger partial charge in [-0.2, -0.15) is 0 Å². The van der Waals surface area contributed by atoms with Gasteiger partial charge in [-0.05, 0) is 37.1 Å². The second-order valence-electron chi connectivity index (χ2n) is 6.98. The Hall–Kier alpha value is -2.62. The molecule has 0 heterocycles. The Kier molecular flexibility index (Phi) is 5.71. The first-order valence-electron chi connectivity index (χ1n) is 9.24. The Balaban J connectivity index is 1.79. The van der Waals surface area contributed by atoms with Gasteiger partial charge in [0.25, 0.3) is 11.8 Å². The van der Waals surface area contributed by atoms with Crippen molar-refractivity contribution in [3.63, 3.8) is 0 Å². The molecule has 136 valence electrons. The molecule has 0 aromatic heterocycles. The summed E-state index contributed by atoms with van der Waals surface area (Å²) >= 11 is 0. The topological polar surface area (TPSA) is 40.6 Å². The Morgan fingerprint density at radius 2 is 1.04 bits per heavy atom. The lowest BCUT2D eigenvalue weighted by Gasteiger charge is -2.42. The third-order valence-electron chi connectivity index (χ3n) is 5.37. The highest BCUT2D eigenvalue weighted by Crippen LogP contribution is 2.28. The molecule has 1 saturated carbocycles. The highest BCUT2D eigenvalue weighted by Gasteiger charge is 2.35. The van der Waals surface area contributed by atoms with Gasteiger partial charge >= 0.3 is 0 Å². The first-order valence-corrected chi connectivity index (χ1v) is 9.24. The summed E-state index contributed by atoms with van der Waals surface area (Å²) in [5.41, 5.74) is 1.38. The fourth-order valence-corrected chi connectivity index (χ4v) is 3.87. The van der Waals surface area contributed by atoms with E-state index in [1.165, 1.54) is 0 Å². The minimum atomic E-state index is 0.0167. The van der Waals surface area contributed by atoms with Crippen LogP contribution in [0.5, 0.6) is 0 Å². The van der Waals surface area contributed by atoms with Gasteiger partial charge in [-0.15, -0.1) is 0 Å². The fraction of sp³-hybridized carbons (Fsp3) is 0.364. The van der Waals surface area contributed by atoms with Gasteiger partial charge < -0.3 is 9.80 Å². The van der Waals surface area contributed by atoms with Crippen LogP contribution in [0.4, 0.5) is 0 Å². The zero-order chi connectivity index (χ0) is 18.5. The smallest absolute Gasteiger partial charge is 0.253 e. The molecule has 0 spiro atoms. The summed E-state index contributed by atoms with van der Waals surface area (Å²) in [4.78, 5) is 29.4. The van der Waals surface area contributed by atoms with E-state index in [1.54, 1.807) is 0 Å². The number of carbonyl (C=O) groups is 2. The molecule has 0 radical (unpaired) electrons. The van der Waals surface area contributed by atoms with E-state index in [-0.39, 0.29) is 23.9 Å². The van der Waals surface area contributed by atoms with Crippen molar-refractivity contribution in [1.82, 2.24) is 9.80 Å². The number of hydrogen-bond acceptors (Lipinski definition) is 2. The average Bonchev–Trinajstić information content (AvgIpc) is 2.73. The minimum absolute atomic E-state index is 0.0167. The molecule has 4 nitrogen and oxygen atoms in total. The predicted octanol–water partition coefficient (Wildman–Crippen LogP) is 3.84. The Morgan fingerprint density at radius 1 is 0.692 bits per heavy atom. The van der Waals surface area contributed by atoms with Crippen molar-refractivity contribution in [2.45, 2.75) is 37.8 Å². The maximum atomic E-state index is 12.9. The van der Waals surface area contributed by atoms with Crippen LogP contribution in [0.3, 0.4) is 0 Å². The summed E-state index contributed by atoms with van der Waals surface area (Å²) in [5, 5.41) is 0. The first-order chi connectivity index (χ1) is 12.6. The van der Waals surface area contributed by atoms with E-state index < -0.39 is 0 Å². The van der Waals surface area contributed by atoms with Gasteiger partial charge in [0.05, 0.1) is 12.1 Å². The molecule has 2 aromatic carbocycles. The van der Waals surface area contributed by atoms with E-state index in [0.717, 1.165) is 25.7 Å². The molecule has 0 N–H and O–H groups in total. The fourth-order valence-electron chi connectivity index (χ4n) is 3.87. The van der Waals surface area contributed by atoms with Crippen molar-refractivity contribution in [3.05, 3.63) is 71.8 Å². The second kappa shape index (κ2) is 8.17. The van der Waals surface area contributed by atoms with Gasteiger partial charge in [0.1, 0.15) is 0 Å². The van der Waals surface area contributed by atoms with Crippen molar-refractivity contribution in [2.24, 2.45) is 0 Å². The van der Waals surface area contributed by atoms with Crippen LogP contribution in [0, 0.1) is 0 Å². The van der Waals surface area contributed by atoms with E-state index >= 15 is 0 Å². The number of carbonyl (C=O) groups excluding carboxylic acids is 2. The number of amides is 2. The normalized spacial score (nSPS) is 19.6. The standard InChI is InChI=1S/C22H26N2O2/c1-23(21(25)17-11-5-3-6-12-17)19-15-9-10-16-20(19)24(2)22(26)18-13-7-4-8-14-18/h3-8,11-14,19-20H,9-10,15-16H2,1-2H3. The van der Waals surface area contributed by atoms with Crippen LogP contribution >= 0.6 is 0 Å². The highest BCUT2D eigenvalue weighted by molar-refractivity contribution is 5.95. The Morgan fingerprint density at radius 3 is 1.38 bits per heavy atom. The molecule has 1 fully saturated rings. The molecule has 0 saturated heterocycles. The lowest BCUT2D eigenvalue weighted by molar-refractivity contribution is 0.0421. The lowest BCUT2D eigenvalue weighted by Crippen LogP contribution is -2.54. The highest BCUT2D eigenvalue weighted by atomic mass is 16.2. The van der Waals surface area contributed by atoms with E-state index in [2.05, 4.69) is 0 Å². The molecular weight excluding hydrogens is 324 g/mol. The summed E-state index contributed by atoms with van der Waals surface area (Å²) in [6, 6.07) is 18.8. The Labute approximate surface area is 155 Å². The summed E-state index contributed by atoms with van der Waals surface area (Å²) in [5.74, 6) is 0.0334. The van der Waals surface area contributed by atoms with Gasteiger partial charge in [-0.1, -0.05) is 49.2 Å². The summed E-state index contributed by atoms with van der Waals surface area (Å²) < 4.78 is 0. The maximum Gasteiger partial charge on any atom is 0.253 e. The average molecular weight is 350 g/mol. The molecule has 0 aliphatic heterocycles. The lowest BCUT2D eigenvalue weighted by atomic mass is 9.87. The number of likely N-dealkylation sites (N-methyl/N-ethyl adjacent to an activating group) is 2. The monoisotopic (exact) mass is 350 g/mol. The molecule has 26 heavy (non-hydrogen) atoms. The van der Waals surface area contributed by atoms with Gasteiger partial charge in [0.15, 0.2) is 0 Å². The van der Waals surface area contributed by atoms with Crippen LogP contribution in [0.25, 0.3) is 0 Å². The second-order valence-corrected chi connectivity index (χ2v) is 6.98. The number of hydrogen-bond donors (Lipinski definition) is 0. The van der Waals surface area contributed by atoms with Gasteiger partial charge in [-0.3, -0.25) is 9.59 Å². The van der Waals surface area contributed by atoms with Crippen LogP contribution in [0.2, 0.25) is 0 Å². The summed E-state index contributed by atoms with van der Waals surface area (Å²) in [6.45, 7) is 0. The van der Waals surface area contributed by atoms with Crippen molar-refractivity contribution in [3.8, 4) is 0 Å². The van der Waals surface area contributed by atoms with Crippen molar-refractivity contribution in [1.29, 1.82) is 0 Å². The van der Waals surface area contributed by atoms with Crippen LogP contribution < -0.4 is 0 Å². The third-order valence-corrected chi connectivity index (χ3v) is 5.37. The zero-order valence-electron chi connectivity index (χ0n) is 15.5. The molecule has 3 rings (SSSR count). The quantitative estimate of drug-likeness (QED) is 0.840. The van der Waals surface area contributed by atoms with Gasteiger partial charge in [-0.25, -0.2) is 0 Å².